The zero-order chi connectivity index (χ0) is 20.0. The minimum atomic E-state index is -0.730. The molecule has 5 saturated heterocycles. The number of ether oxygens (including phenoxy) is 8. The normalized spacial score (nSPS) is 52.0. The number of hydrogen-bond acceptors (Lipinski definition) is 10. The molecule has 6 heterocycles. The summed E-state index contributed by atoms with van der Waals surface area (Å²) in [4.78, 5) is 5.59. The first-order chi connectivity index (χ1) is 13.8. The molecule has 162 valence electrons. The minimum Gasteiger partial charge on any atom is -0.390 e. The van der Waals surface area contributed by atoms with Crippen molar-refractivity contribution in [2.24, 2.45) is 5.16 Å². The first kappa shape index (κ1) is 18.9. The van der Waals surface area contributed by atoms with Crippen LogP contribution in [0.4, 0.5) is 0 Å². The Morgan fingerprint density at radius 1 is 0.759 bits per heavy atom. The third-order valence-electron chi connectivity index (χ3n) is 6.09. The molecule has 6 aliphatic rings. The molecule has 0 aliphatic carbocycles. The topological polar surface area (TPSA) is 95.4 Å². The second kappa shape index (κ2) is 6.33. The Kier molecular flexibility index (Phi) is 4.12. The van der Waals surface area contributed by atoms with E-state index in [9.17, 15) is 0 Å². The van der Waals surface area contributed by atoms with E-state index in [1.807, 2.05) is 27.7 Å². The second-order valence-corrected chi connectivity index (χ2v) is 9.28. The van der Waals surface area contributed by atoms with Crippen molar-refractivity contribution in [1.29, 1.82) is 0 Å². The van der Waals surface area contributed by atoms with Gasteiger partial charge < -0.3 is 42.7 Å². The predicted molar refractivity (Wildman–Crippen MR) is 93.8 cm³/mol. The Balaban J connectivity index is 1.26. The van der Waals surface area contributed by atoms with Gasteiger partial charge in [0.1, 0.15) is 36.6 Å². The molecule has 9 atom stereocenters. The van der Waals surface area contributed by atoms with Crippen LogP contribution < -0.4 is 0 Å². The monoisotopic (exact) mass is 413 g/mol. The van der Waals surface area contributed by atoms with Crippen LogP contribution in [0.25, 0.3) is 0 Å². The molecule has 0 aromatic carbocycles. The zero-order valence-corrected chi connectivity index (χ0v) is 16.9. The number of hydrogen-bond donors (Lipinski definition) is 0. The average molecular weight is 413 g/mol. The van der Waals surface area contributed by atoms with Crippen molar-refractivity contribution >= 4 is 5.71 Å². The van der Waals surface area contributed by atoms with Crippen molar-refractivity contribution in [1.82, 2.24) is 0 Å². The molecule has 0 unspecified atom stereocenters. The lowest BCUT2D eigenvalue weighted by atomic mass is 10.0. The van der Waals surface area contributed by atoms with Gasteiger partial charge in [-0.1, -0.05) is 5.16 Å². The summed E-state index contributed by atoms with van der Waals surface area (Å²) in [5.74, 6) is -1.44. The van der Waals surface area contributed by atoms with Crippen LogP contribution in [-0.4, -0.2) is 85.8 Å². The Bertz CT molecular complexity index is 712. The van der Waals surface area contributed by atoms with Crippen LogP contribution >= 0.6 is 0 Å². The number of oxime groups is 1. The minimum absolute atomic E-state index is 0.193. The maximum Gasteiger partial charge on any atom is 0.190 e. The molecule has 10 nitrogen and oxygen atoms in total. The van der Waals surface area contributed by atoms with Gasteiger partial charge in [-0.25, -0.2) is 0 Å². The van der Waals surface area contributed by atoms with E-state index < -0.39 is 30.3 Å². The van der Waals surface area contributed by atoms with Crippen LogP contribution in [0.2, 0.25) is 0 Å². The molecule has 0 saturated carbocycles. The summed E-state index contributed by atoms with van der Waals surface area (Å²) in [6.07, 6.45) is -2.72. The SMILES string of the molecule is CC1(C)O[C@H]2O[C@@H]3C4=NO[C@@H](CO[C@@H]5[C@H]6OC(C)(C)O[C@H]6O[C@@H]5CO[C@@H]3[C@H]2O1)C4. The molecule has 0 aromatic heterocycles. The number of rotatable bonds is 0. The molecule has 6 aliphatic heterocycles. The molecule has 5 fully saturated rings. The van der Waals surface area contributed by atoms with Crippen LogP contribution in [0.5, 0.6) is 0 Å². The molecule has 0 amide bonds. The van der Waals surface area contributed by atoms with E-state index in [2.05, 4.69) is 5.16 Å². The van der Waals surface area contributed by atoms with Crippen LogP contribution in [-0.2, 0) is 42.7 Å². The van der Waals surface area contributed by atoms with Gasteiger partial charge in [0.25, 0.3) is 0 Å². The van der Waals surface area contributed by atoms with E-state index in [0.717, 1.165) is 5.71 Å². The first-order valence-corrected chi connectivity index (χ1v) is 10.3. The summed E-state index contributed by atoms with van der Waals surface area (Å²) in [6.45, 7) is 8.12. The van der Waals surface area contributed by atoms with Crippen molar-refractivity contribution in [3.05, 3.63) is 0 Å². The highest BCUT2D eigenvalue weighted by molar-refractivity contribution is 5.90. The molecule has 0 aromatic rings. The van der Waals surface area contributed by atoms with Crippen molar-refractivity contribution < 1.29 is 42.7 Å². The first-order valence-electron chi connectivity index (χ1n) is 10.3. The van der Waals surface area contributed by atoms with Gasteiger partial charge >= 0.3 is 0 Å². The third kappa shape index (κ3) is 3.12. The average Bonchev–Trinajstić information content (AvgIpc) is 3.37. The van der Waals surface area contributed by atoms with Gasteiger partial charge in [-0.05, 0) is 27.7 Å². The fraction of sp³-hybridized carbons (Fsp3) is 0.947. The van der Waals surface area contributed by atoms with E-state index in [0.29, 0.717) is 19.6 Å². The zero-order valence-electron chi connectivity index (χ0n) is 16.9. The van der Waals surface area contributed by atoms with Gasteiger partial charge in [0, 0.05) is 6.42 Å². The smallest absolute Gasteiger partial charge is 0.190 e. The van der Waals surface area contributed by atoms with Crippen molar-refractivity contribution in [2.45, 2.75) is 101 Å². The Morgan fingerprint density at radius 2 is 1.41 bits per heavy atom. The van der Waals surface area contributed by atoms with Gasteiger partial charge in [0.2, 0.25) is 0 Å². The van der Waals surface area contributed by atoms with E-state index in [1.165, 1.54) is 0 Å². The Morgan fingerprint density at radius 3 is 2.17 bits per heavy atom. The third-order valence-corrected chi connectivity index (χ3v) is 6.09. The van der Waals surface area contributed by atoms with Gasteiger partial charge in [0.05, 0.1) is 18.9 Å². The van der Waals surface area contributed by atoms with E-state index in [4.69, 9.17) is 42.7 Å². The lowest BCUT2D eigenvalue weighted by molar-refractivity contribution is -0.232. The summed E-state index contributed by atoms with van der Waals surface area (Å²) in [5.41, 5.74) is 0.787. The second-order valence-electron chi connectivity index (χ2n) is 9.28. The standard InChI is InChI=1S/C19H27NO9/c1-18(2)25-14-12-10(23-16(14)27-18)7-22-13-11(9-5-8(6-21-12)29-20-9)24-17-15(13)26-19(3,4)28-17/h8,10-17H,5-7H2,1-4H3/t8-,10-,11-,12+,13+,14-,15-,16-,17-/m1/s1. The fourth-order valence-electron chi connectivity index (χ4n) is 4.94. The van der Waals surface area contributed by atoms with Crippen molar-refractivity contribution in [3.63, 3.8) is 0 Å². The molecule has 10 heteroatoms. The van der Waals surface area contributed by atoms with Gasteiger partial charge in [-0.15, -0.1) is 0 Å². The molecule has 0 radical (unpaired) electrons. The Hall–Kier alpha value is -0.850. The quantitative estimate of drug-likeness (QED) is 0.568. The van der Waals surface area contributed by atoms with Crippen molar-refractivity contribution in [3.8, 4) is 0 Å². The van der Waals surface area contributed by atoms with Gasteiger partial charge in [0.15, 0.2) is 30.3 Å². The van der Waals surface area contributed by atoms with Crippen LogP contribution in [0, 0.1) is 0 Å². The van der Waals surface area contributed by atoms with Gasteiger partial charge in [-0.3, -0.25) is 0 Å². The maximum absolute atomic E-state index is 6.30. The molecule has 0 spiro atoms. The summed E-state index contributed by atoms with van der Waals surface area (Å²) >= 11 is 0. The van der Waals surface area contributed by atoms with E-state index in [1.54, 1.807) is 0 Å². The largest absolute Gasteiger partial charge is 0.390 e. The lowest BCUT2D eigenvalue weighted by Crippen LogP contribution is -2.44. The molecule has 29 heavy (non-hydrogen) atoms. The summed E-state index contributed by atoms with van der Waals surface area (Å²) in [6, 6.07) is 0. The van der Waals surface area contributed by atoms with E-state index in [-0.39, 0.29) is 36.6 Å². The Labute approximate surface area is 168 Å². The summed E-state index contributed by atoms with van der Waals surface area (Å²) in [7, 11) is 0. The molecule has 2 bridgehead atoms. The maximum atomic E-state index is 6.30. The molecule has 6 rings (SSSR count). The van der Waals surface area contributed by atoms with E-state index >= 15 is 0 Å². The molecular formula is C19H27NO9. The van der Waals surface area contributed by atoms with Crippen LogP contribution in [0.3, 0.4) is 0 Å². The number of nitrogens with zero attached hydrogens (tertiary/aromatic N) is 1. The highest BCUT2D eigenvalue weighted by atomic mass is 16.9. The lowest BCUT2D eigenvalue weighted by Gasteiger charge is -2.28. The van der Waals surface area contributed by atoms with Crippen molar-refractivity contribution in [2.75, 3.05) is 13.2 Å². The molecular weight excluding hydrogens is 386 g/mol. The highest BCUT2D eigenvalue weighted by Crippen LogP contribution is 2.43. The van der Waals surface area contributed by atoms with Gasteiger partial charge in [-0.2, -0.15) is 0 Å². The predicted octanol–water partition coefficient (Wildman–Crippen LogP) is 0.668. The highest BCUT2D eigenvalue weighted by Gasteiger charge is 2.60. The summed E-state index contributed by atoms with van der Waals surface area (Å²) in [5, 5.41) is 4.25. The fourth-order valence-corrected chi connectivity index (χ4v) is 4.94. The summed E-state index contributed by atoms with van der Waals surface area (Å²) < 4.78 is 48.6. The molecule has 0 N–H and O–H groups in total. The van der Waals surface area contributed by atoms with Crippen LogP contribution in [0.15, 0.2) is 5.16 Å². The number of fused-ring (bicyclic) bond motifs is 9. The van der Waals surface area contributed by atoms with Crippen LogP contribution in [0.1, 0.15) is 34.1 Å².